The molecular weight excluding hydrogens is 451 g/mol. The van der Waals surface area contributed by atoms with Gasteiger partial charge in [0.25, 0.3) is 5.91 Å². The van der Waals surface area contributed by atoms with Crippen LogP contribution < -0.4 is 5.32 Å². The van der Waals surface area contributed by atoms with Crippen LogP contribution >= 0.6 is 0 Å². The molecule has 1 fully saturated rings. The van der Waals surface area contributed by atoms with Crippen LogP contribution in [0.15, 0.2) is 48.5 Å². The first kappa shape index (κ1) is 23.3. The van der Waals surface area contributed by atoms with Crippen molar-refractivity contribution in [2.75, 3.05) is 0 Å². The number of carboxylic acids is 1. The maximum atomic E-state index is 12.8. The summed E-state index contributed by atoms with van der Waals surface area (Å²) < 4.78 is 31.7. The fourth-order valence-electron chi connectivity index (χ4n) is 4.13. The Bertz CT molecular complexity index is 1280. The van der Waals surface area contributed by atoms with E-state index < -0.39 is 12.1 Å². The maximum Gasteiger partial charge on any atom is 0.490 e. The molecule has 0 aliphatic heterocycles. The van der Waals surface area contributed by atoms with E-state index in [0.717, 1.165) is 53.4 Å². The number of nitrogens with zero attached hydrogens (tertiary/aromatic N) is 2. The van der Waals surface area contributed by atoms with E-state index in [4.69, 9.17) is 14.9 Å². The molecule has 5 rings (SSSR count). The highest BCUT2D eigenvalue weighted by Gasteiger charge is 2.38. The van der Waals surface area contributed by atoms with Gasteiger partial charge in [0.2, 0.25) is 0 Å². The van der Waals surface area contributed by atoms with Crippen LogP contribution in [0.1, 0.15) is 47.9 Å². The monoisotopic (exact) mass is 473 g/mol. The minimum absolute atomic E-state index is 0.109. The second-order valence-electron chi connectivity index (χ2n) is 8.09. The topological polar surface area (TPSA) is 124 Å². The number of carbonyl (C=O) groups is 2. The third-order valence-electron chi connectivity index (χ3n) is 5.73. The molecule has 8 nitrogen and oxygen atoms in total. The van der Waals surface area contributed by atoms with Crippen molar-refractivity contribution < 1.29 is 27.9 Å². The van der Waals surface area contributed by atoms with Gasteiger partial charge in [-0.1, -0.05) is 36.8 Å². The average Bonchev–Trinajstić information content (AvgIpc) is 3.43. The highest BCUT2D eigenvalue weighted by molar-refractivity contribution is 6.04. The molecule has 178 valence electrons. The van der Waals surface area contributed by atoms with Crippen molar-refractivity contribution in [3.63, 3.8) is 0 Å². The summed E-state index contributed by atoms with van der Waals surface area (Å²) in [6.07, 6.45) is -1.02. The average molecular weight is 473 g/mol. The van der Waals surface area contributed by atoms with Gasteiger partial charge in [0, 0.05) is 17.3 Å². The van der Waals surface area contributed by atoms with Crippen LogP contribution in [-0.4, -0.2) is 49.4 Å². The number of amides is 1. The van der Waals surface area contributed by atoms with Crippen molar-refractivity contribution in [1.29, 1.82) is 0 Å². The van der Waals surface area contributed by atoms with E-state index in [2.05, 4.69) is 26.6 Å². The number of halogens is 3. The Balaban J connectivity index is 0.000000344. The molecule has 0 bridgehead atoms. The molecule has 1 amide bonds. The van der Waals surface area contributed by atoms with E-state index in [1.165, 1.54) is 0 Å². The van der Waals surface area contributed by atoms with Crippen molar-refractivity contribution in [3.8, 4) is 0 Å². The van der Waals surface area contributed by atoms with E-state index in [9.17, 15) is 18.0 Å². The molecule has 1 aliphatic carbocycles. The van der Waals surface area contributed by atoms with E-state index >= 15 is 0 Å². The van der Waals surface area contributed by atoms with Gasteiger partial charge < -0.3 is 15.4 Å². The van der Waals surface area contributed by atoms with Crippen LogP contribution in [-0.2, 0) is 4.79 Å². The number of aromatic nitrogens is 4. The number of rotatable bonds is 3. The number of carboxylic acid groups (broad SMARTS) is 1. The van der Waals surface area contributed by atoms with Gasteiger partial charge in [-0.15, -0.1) is 0 Å². The number of hydrogen-bond donors (Lipinski definition) is 4. The molecule has 1 saturated carbocycles. The van der Waals surface area contributed by atoms with Crippen LogP contribution in [0.2, 0.25) is 0 Å². The summed E-state index contributed by atoms with van der Waals surface area (Å²) in [4.78, 5) is 29.9. The van der Waals surface area contributed by atoms with E-state index in [1.54, 1.807) is 0 Å². The zero-order chi connectivity index (χ0) is 24.3. The zero-order valence-corrected chi connectivity index (χ0v) is 17.9. The Hall–Kier alpha value is -3.89. The summed E-state index contributed by atoms with van der Waals surface area (Å²) in [6, 6.07) is 15.9. The largest absolute Gasteiger partial charge is 0.490 e. The zero-order valence-electron chi connectivity index (χ0n) is 17.9. The Kier molecular flexibility index (Phi) is 6.53. The molecule has 0 spiro atoms. The molecule has 2 aromatic carbocycles. The number of benzene rings is 2. The Morgan fingerprint density at radius 1 is 1.03 bits per heavy atom. The minimum atomic E-state index is -5.08. The summed E-state index contributed by atoms with van der Waals surface area (Å²) in [6.45, 7) is 0. The number of carbonyl (C=O) groups excluding carboxylic acids is 1. The molecule has 1 aliphatic rings. The molecule has 11 heteroatoms. The van der Waals surface area contributed by atoms with E-state index in [0.29, 0.717) is 11.6 Å². The molecule has 4 N–H and O–H groups in total. The number of nitrogens with one attached hydrogen (secondary N) is 3. The van der Waals surface area contributed by atoms with Gasteiger partial charge in [0.1, 0.15) is 5.82 Å². The smallest absolute Gasteiger partial charge is 0.475 e. The van der Waals surface area contributed by atoms with Crippen LogP contribution in [0.25, 0.3) is 21.9 Å². The molecule has 2 atom stereocenters. The Morgan fingerprint density at radius 3 is 2.41 bits per heavy atom. The first-order valence-corrected chi connectivity index (χ1v) is 10.7. The SMILES string of the molecule is O=C(NC1CCCC(c2nc3ccccc3[nH]2)C1)c1n[nH]c2ccccc12.O=C(O)C(F)(F)F. The summed E-state index contributed by atoms with van der Waals surface area (Å²) in [5, 5.41) is 18.3. The van der Waals surface area contributed by atoms with Gasteiger partial charge in [-0.3, -0.25) is 9.89 Å². The van der Waals surface area contributed by atoms with Gasteiger partial charge >= 0.3 is 12.1 Å². The third kappa shape index (κ3) is 5.19. The molecule has 0 saturated heterocycles. The number of alkyl halides is 3. The first-order chi connectivity index (χ1) is 16.2. The maximum absolute atomic E-state index is 12.8. The van der Waals surface area contributed by atoms with Gasteiger partial charge in [-0.05, 0) is 37.5 Å². The Labute approximate surface area is 191 Å². The number of aromatic amines is 2. The first-order valence-electron chi connectivity index (χ1n) is 10.7. The lowest BCUT2D eigenvalue weighted by atomic mass is 9.85. The molecule has 2 unspecified atom stereocenters. The molecular formula is C23H22F3N5O3. The predicted molar refractivity (Wildman–Crippen MR) is 118 cm³/mol. The lowest BCUT2D eigenvalue weighted by Gasteiger charge is -2.28. The number of hydrogen-bond acceptors (Lipinski definition) is 4. The van der Waals surface area contributed by atoms with Crippen LogP contribution in [0.4, 0.5) is 13.2 Å². The summed E-state index contributed by atoms with van der Waals surface area (Å²) in [7, 11) is 0. The lowest BCUT2D eigenvalue weighted by Crippen LogP contribution is -2.38. The van der Waals surface area contributed by atoms with E-state index in [-0.39, 0.29) is 11.9 Å². The van der Waals surface area contributed by atoms with Gasteiger partial charge in [-0.25, -0.2) is 9.78 Å². The second kappa shape index (κ2) is 9.54. The van der Waals surface area contributed by atoms with Crippen molar-refractivity contribution in [2.24, 2.45) is 0 Å². The van der Waals surface area contributed by atoms with Crippen molar-refractivity contribution >= 4 is 33.8 Å². The predicted octanol–water partition coefficient (Wildman–Crippen LogP) is 4.53. The van der Waals surface area contributed by atoms with Crippen molar-refractivity contribution in [3.05, 3.63) is 60.0 Å². The normalized spacial score (nSPS) is 18.3. The summed E-state index contributed by atoms with van der Waals surface area (Å²) in [5.74, 6) is -1.50. The fourth-order valence-corrected chi connectivity index (χ4v) is 4.13. The third-order valence-corrected chi connectivity index (χ3v) is 5.73. The fraction of sp³-hybridized carbons (Fsp3) is 0.304. The number of para-hydroxylation sites is 3. The van der Waals surface area contributed by atoms with Crippen LogP contribution in [0.3, 0.4) is 0 Å². The minimum Gasteiger partial charge on any atom is -0.475 e. The molecule has 34 heavy (non-hydrogen) atoms. The van der Waals surface area contributed by atoms with E-state index in [1.807, 2.05) is 42.5 Å². The lowest BCUT2D eigenvalue weighted by molar-refractivity contribution is -0.192. The van der Waals surface area contributed by atoms with Gasteiger partial charge in [-0.2, -0.15) is 18.3 Å². The molecule has 4 aromatic rings. The summed E-state index contributed by atoms with van der Waals surface area (Å²) in [5.41, 5.74) is 3.42. The Morgan fingerprint density at radius 2 is 1.71 bits per heavy atom. The van der Waals surface area contributed by atoms with Crippen molar-refractivity contribution in [2.45, 2.75) is 43.8 Å². The van der Waals surface area contributed by atoms with Gasteiger partial charge in [0.15, 0.2) is 5.69 Å². The van der Waals surface area contributed by atoms with Crippen LogP contribution in [0.5, 0.6) is 0 Å². The quantitative estimate of drug-likeness (QED) is 0.348. The highest BCUT2D eigenvalue weighted by Crippen LogP contribution is 2.32. The molecule has 0 radical (unpaired) electrons. The number of aliphatic carboxylic acids is 1. The molecule has 2 heterocycles. The number of H-pyrrole nitrogens is 2. The highest BCUT2D eigenvalue weighted by atomic mass is 19.4. The summed E-state index contributed by atoms with van der Waals surface area (Å²) >= 11 is 0. The molecule has 2 aromatic heterocycles. The standard InChI is InChI=1S/C21H21N5O.C2HF3O2/c27-21(19-15-8-1-2-9-16(15)25-26-19)22-14-7-5-6-13(12-14)20-23-17-10-3-4-11-18(17)24-20;3-2(4,5)1(6)7/h1-4,8-11,13-14H,5-7,12H2,(H,22,27)(H,23,24)(H,25,26);(H,6,7). The van der Waals surface area contributed by atoms with Gasteiger partial charge in [0.05, 0.1) is 16.6 Å². The van der Waals surface area contributed by atoms with Crippen molar-refractivity contribution in [1.82, 2.24) is 25.5 Å². The number of fused-ring (bicyclic) bond motifs is 2. The second-order valence-corrected chi connectivity index (χ2v) is 8.09. The van der Waals surface area contributed by atoms with Crippen LogP contribution in [0, 0.1) is 0 Å². The number of imidazole rings is 1.